The predicted molar refractivity (Wildman–Crippen MR) is 95.0 cm³/mol. The summed E-state index contributed by atoms with van der Waals surface area (Å²) in [4.78, 5) is 22.3. The standard InChI is InChI=1S/C18H17N3O4/c22-11-10-16(12-14-4-2-1-3-5-14)18(23)20-19-13-15-6-8-17(9-7-15)21(24)25/h1-9,12-13,22H,10-11H2,(H,20,23). The Kier molecular flexibility index (Phi) is 6.56. The van der Waals surface area contributed by atoms with Gasteiger partial charge < -0.3 is 5.11 Å². The van der Waals surface area contributed by atoms with E-state index in [0.717, 1.165) is 5.56 Å². The molecule has 0 fully saturated rings. The second-order valence-electron chi connectivity index (χ2n) is 5.10. The average molecular weight is 339 g/mol. The van der Waals surface area contributed by atoms with Gasteiger partial charge in [0.2, 0.25) is 0 Å². The molecule has 7 heteroatoms. The maximum atomic E-state index is 12.2. The van der Waals surface area contributed by atoms with Gasteiger partial charge in [0.05, 0.1) is 11.1 Å². The van der Waals surface area contributed by atoms with Gasteiger partial charge in [-0.2, -0.15) is 5.10 Å². The molecule has 0 radical (unpaired) electrons. The molecule has 2 aromatic carbocycles. The van der Waals surface area contributed by atoms with Crippen LogP contribution in [0.15, 0.2) is 65.3 Å². The number of aliphatic hydroxyl groups is 1. The van der Waals surface area contributed by atoms with Crippen molar-refractivity contribution in [1.29, 1.82) is 0 Å². The SMILES string of the molecule is O=C(NN=Cc1ccc([N+](=O)[O-])cc1)C(=Cc1ccccc1)CCO. The van der Waals surface area contributed by atoms with Crippen LogP contribution >= 0.6 is 0 Å². The molecule has 25 heavy (non-hydrogen) atoms. The Bertz CT molecular complexity index is 784. The molecule has 0 aromatic heterocycles. The fourth-order valence-corrected chi connectivity index (χ4v) is 2.04. The second kappa shape index (κ2) is 9.09. The van der Waals surface area contributed by atoms with Crippen LogP contribution in [0.3, 0.4) is 0 Å². The highest BCUT2D eigenvalue weighted by Gasteiger charge is 2.08. The molecule has 1 amide bonds. The summed E-state index contributed by atoms with van der Waals surface area (Å²) >= 11 is 0. The molecule has 0 heterocycles. The molecular weight excluding hydrogens is 322 g/mol. The Morgan fingerprint density at radius 1 is 1.12 bits per heavy atom. The normalized spacial score (nSPS) is 11.5. The van der Waals surface area contributed by atoms with Crippen LogP contribution in [-0.4, -0.2) is 28.8 Å². The average Bonchev–Trinajstić information content (AvgIpc) is 2.62. The molecule has 0 spiro atoms. The van der Waals surface area contributed by atoms with Gasteiger partial charge in [0.25, 0.3) is 11.6 Å². The molecule has 0 saturated heterocycles. The fourth-order valence-electron chi connectivity index (χ4n) is 2.04. The number of hydrogen-bond acceptors (Lipinski definition) is 5. The summed E-state index contributed by atoms with van der Waals surface area (Å²) < 4.78 is 0. The number of non-ortho nitro benzene ring substituents is 1. The summed E-state index contributed by atoms with van der Waals surface area (Å²) in [5, 5.41) is 23.6. The zero-order valence-electron chi connectivity index (χ0n) is 13.3. The molecular formula is C18H17N3O4. The van der Waals surface area contributed by atoms with E-state index in [1.165, 1.54) is 30.5 Å². The fraction of sp³-hybridized carbons (Fsp3) is 0.111. The van der Waals surface area contributed by atoms with Crippen molar-refractivity contribution in [2.45, 2.75) is 6.42 Å². The van der Waals surface area contributed by atoms with Crippen LogP contribution in [0.1, 0.15) is 17.5 Å². The number of nitrogens with zero attached hydrogens (tertiary/aromatic N) is 2. The van der Waals surface area contributed by atoms with Crippen molar-refractivity contribution in [2.24, 2.45) is 5.10 Å². The van der Waals surface area contributed by atoms with Crippen LogP contribution < -0.4 is 5.43 Å². The van der Waals surface area contributed by atoms with E-state index in [9.17, 15) is 14.9 Å². The first-order valence-electron chi connectivity index (χ1n) is 7.54. The van der Waals surface area contributed by atoms with Crippen LogP contribution in [-0.2, 0) is 4.79 Å². The minimum absolute atomic E-state index is 0.0165. The summed E-state index contributed by atoms with van der Waals surface area (Å²) in [5.74, 6) is -0.420. The van der Waals surface area contributed by atoms with Gasteiger partial charge in [0, 0.05) is 30.7 Å². The summed E-state index contributed by atoms with van der Waals surface area (Å²) in [6.45, 7) is -0.155. The Morgan fingerprint density at radius 3 is 2.40 bits per heavy atom. The number of nitro groups is 1. The molecule has 0 aliphatic rings. The number of hydrazone groups is 1. The first-order valence-corrected chi connectivity index (χ1v) is 7.54. The van der Waals surface area contributed by atoms with Crippen molar-refractivity contribution in [1.82, 2.24) is 5.43 Å². The van der Waals surface area contributed by atoms with Crippen LogP contribution in [0.2, 0.25) is 0 Å². The van der Waals surface area contributed by atoms with Crippen molar-refractivity contribution in [3.05, 3.63) is 81.4 Å². The van der Waals surface area contributed by atoms with Gasteiger partial charge in [-0.15, -0.1) is 0 Å². The highest BCUT2D eigenvalue weighted by molar-refractivity contribution is 5.98. The molecule has 2 rings (SSSR count). The number of hydrogen-bond donors (Lipinski definition) is 2. The molecule has 7 nitrogen and oxygen atoms in total. The smallest absolute Gasteiger partial charge is 0.269 e. The monoisotopic (exact) mass is 339 g/mol. The molecule has 0 aliphatic heterocycles. The van der Waals surface area contributed by atoms with Crippen LogP contribution in [0, 0.1) is 10.1 Å². The number of benzene rings is 2. The number of amides is 1. The van der Waals surface area contributed by atoms with E-state index in [4.69, 9.17) is 5.11 Å². The van der Waals surface area contributed by atoms with E-state index in [1.807, 2.05) is 30.3 Å². The molecule has 0 bridgehead atoms. The number of carbonyl (C=O) groups is 1. The Morgan fingerprint density at radius 2 is 1.80 bits per heavy atom. The summed E-state index contributed by atoms with van der Waals surface area (Å²) in [5.41, 5.74) is 4.23. The lowest BCUT2D eigenvalue weighted by atomic mass is 10.1. The number of nitrogens with one attached hydrogen (secondary N) is 1. The van der Waals surface area contributed by atoms with Crippen molar-refractivity contribution in [2.75, 3.05) is 6.61 Å². The zero-order valence-corrected chi connectivity index (χ0v) is 13.3. The van der Waals surface area contributed by atoms with E-state index in [1.54, 1.807) is 6.08 Å². The van der Waals surface area contributed by atoms with E-state index in [2.05, 4.69) is 10.5 Å². The maximum absolute atomic E-state index is 12.2. The summed E-state index contributed by atoms with van der Waals surface area (Å²) in [6.07, 6.45) is 3.28. The van der Waals surface area contributed by atoms with E-state index in [-0.39, 0.29) is 18.7 Å². The first-order chi connectivity index (χ1) is 12.1. The van der Waals surface area contributed by atoms with Crippen LogP contribution in [0.5, 0.6) is 0 Å². The predicted octanol–water partition coefficient (Wildman–Crippen LogP) is 2.51. The lowest BCUT2D eigenvalue weighted by Crippen LogP contribution is -2.20. The van der Waals surface area contributed by atoms with Crippen molar-refractivity contribution < 1.29 is 14.8 Å². The van der Waals surface area contributed by atoms with Gasteiger partial charge in [-0.1, -0.05) is 30.3 Å². The number of carbonyl (C=O) groups excluding carboxylic acids is 1. The van der Waals surface area contributed by atoms with E-state index < -0.39 is 10.8 Å². The number of rotatable bonds is 7. The van der Waals surface area contributed by atoms with Gasteiger partial charge in [0.1, 0.15) is 0 Å². The number of nitro benzene ring substituents is 1. The Labute approximate surface area is 144 Å². The van der Waals surface area contributed by atoms with Gasteiger partial charge >= 0.3 is 0 Å². The van der Waals surface area contributed by atoms with Crippen molar-refractivity contribution in [3.63, 3.8) is 0 Å². The third kappa shape index (κ3) is 5.67. The summed E-state index contributed by atoms with van der Waals surface area (Å²) in [6, 6.07) is 15.1. The highest BCUT2D eigenvalue weighted by Crippen LogP contribution is 2.11. The molecule has 0 aliphatic carbocycles. The lowest BCUT2D eigenvalue weighted by molar-refractivity contribution is -0.384. The first kappa shape index (κ1) is 18.0. The maximum Gasteiger partial charge on any atom is 0.269 e. The molecule has 0 unspecified atom stereocenters. The van der Waals surface area contributed by atoms with Crippen LogP contribution in [0.4, 0.5) is 5.69 Å². The number of aliphatic hydroxyl groups excluding tert-OH is 1. The second-order valence-corrected chi connectivity index (χ2v) is 5.10. The molecule has 0 atom stereocenters. The minimum atomic E-state index is -0.488. The van der Waals surface area contributed by atoms with Gasteiger partial charge in [-0.25, -0.2) is 5.43 Å². The Balaban J connectivity index is 2.03. The van der Waals surface area contributed by atoms with E-state index in [0.29, 0.717) is 11.1 Å². The third-order valence-corrected chi connectivity index (χ3v) is 3.30. The van der Waals surface area contributed by atoms with Crippen LogP contribution in [0.25, 0.3) is 6.08 Å². The van der Waals surface area contributed by atoms with Crippen molar-refractivity contribution >= 4 is 23.9 Å². The Hall–Kier alpha value is -3.32. The molecule has 0 saturated carbocycles. The quantitative estimate of drug-likeness (QED) is 0.350. The van der Waals surface area contributed by atoms with Gasteiger partial charge in [-0.3, -0.25) is 14.9 Å². The van der Waals surface area contributed by atoms with Crippen molar-refractivity contribution in [3.8, 4) is 0 Å². The topological polar surface area (TPSA) is 105 Å². The summed E-state index contributed by atoms with van der Waals surface area (Å²) in [7, 11) is 0. The largest absolute Gasteiger partial charge is 0.396 e. The minimum Gasteiger partial charge on any atom is -0.396 e. The van der Waals surface area contributed by atoms with Gasteiger partial charge in [-0.05, 0) is 29.3 Å². The highest BCUT2D eigenvalue weighted by atomic mass is 16.6. The zero-order chi connectivity index (χ0) is 18.1. The van der Waals surface area contributed by atoms with Gasteiger partial charge in [0.15, 0.2) is 0 Å². The molecule has 128 valence electrons. The molecule has 2 aromatic rings. The molecule has 2 N–H and O–H groups in total. The lowest BCUT2D eigenvalue weighted by Gasteiger charge is -2.04. The van der Waals surface area contributed by atoms with E-state index >= 15 is 0 Å². The third-order valence-electron chi connectivity index (χ3n) is 3.30.